The van der Waals surface area contributed by atoms with E-state index in [1.807, 2.05) is 48.6 Å². The Hall–Kier alpha value is -4.22. The molecular formula is C32H38O10. The summed E-state index contributed by atoms with van der Waals surface area (Å²) in [7, 11) is 6.07. The molecule has 0 saturated heterocycles. The average molecular weight is 583 g/mol. The minimum absolute atomic E-state index is 0.101. The summed E-state index contributed by atoms with van der Waals surface area (Å²) in [5, 5.41) is 37.3. The van der Waals surface area contributed by atoms with E-state index in [0.29, 0.717) is 34.5 Å². The van der Waals surface area contributed by atoms with E-state index in [4.69, 9.17) is 38.6 Å². The van der Waals surface area contributed by atoms with Crippen molar-refractivity contribution in [2.75, 3.05) is 54.9 Å². The van der Waals surface area contributed by atoms with Gasteiger partial charge >= 0.3 is 0 Å². The Morgan fingerprint density at radius 3 is 1.07 bits per heavy atom. The highest BCUT2D eigenvalue weighted by Gasteiger charge is 2.16. The highest BCUT2D eigenvalue weighted by Crippen LogP contribution is 2.40. The van der Waals surface area contributed by atoms with Gasteiger partial charge in [0.05, 0.1) is 41.7 Å². The molecule has 3 aromatic rings. The zero-order chi connectivity index (χ0) is 30.5. The SMILES string of the molecule is COc1cc(/C=C/c2ccc(/C=C/c3cc(OC)c(OCC(O)CO)c(OC)c3)cc2)cc(OC)c1OCC(O)CO. The Kier molecular flexibility index (Phi) is 12.5. The van der Waals surface area contributed by atoms with Crippen molar-refractivity contribution in [1.82, 2.24) is 0 Å². The van der Waals surface area contributed by atoms with Crippen LogP contribution >= 0.6 is 0 Å². The minimum atomic E-state index is -1.01. The van der Waals surface area contributed by atoms with Crippen molar-refractivity contribution in [2.24, 2.45) is 0 Å². The summed E-state index contributed by atoms with van der Waals surface area (Å²) < 4.78 is 33.1. The van der Waals surface area contributed by atoms with Crippen LogP contribution in [0.15, 0.2) is 48.5 Å². The van der Waals surface area contributed by atoms with E-state index < -0.39 is 25.4 Å². The molecule has 4 N–H and O–H groups in total. The van der Waals surface area contributed by atoms with E-state index >= 15 is 0 Å². The molecule has 0 saturated carbocycles. The molecule has 0 spiro atoms. The summed E-state index contributed by atoms with van der Waals surface area (Å²) in [6, 6.07) is 15.1. The Bertz CT molecular complexity index is 1180. The Labute approximate surface area is 245 Å². The molecule has 0 aliphatic carbocycles. The second-order valence-corrected chi connectivity index (χ2v) is 9.14. The summed E-state index contributed by atoms with van der Waals surface area (Å²) in [5.74, 6) is 2.45. The van der Waals surface area contributed by atoms with Gasteiger partial charge in [-0.05, 0) is 46.5 Å². The molecule has 0 radical (unpaired) electrons. The van der Waals surface area contributed by atoms with Crippen LogP contribution in [0, 0.1) is 0 Å². The molecule has 10 heteroatoms. The van der Waals surface area contributed by atoms with Gasteiger partial charge in [-0.2, -0.15) is 0 Å². The second kappa shape index (κ2) is 16.3. The summed E-state index contributed by atoms with van der Waals surface area (Å²) in [6.45, 7) is -1.02. The number of hydrogen-bond acceptors (Lipinski definition) is 10. The third-order valence-electron chi connectivity index (χ3n) is 6.10. The number of methoxy groups -OCH3 is 4. The third kappa shape index (κ3) is 8.89. The van der Waals surface area contributed by atoms with Gasteiger partial charge < -0.3 is 48.8 Å². The maximum absolute atomic E-state index is 9.62. The van der Waals surface area contributed by atoms with Crippen molar-refractivity contribution in [2.45, 2.75) is 12.2 Å². The largest absolute Gasteiger partial charge is 0.493 e. The van der Waals surface area contributed by atoms with Gasteiger partial charge in [-0.15, -0.1) is 0 Å². The van der Waals surface area contributed by atoms with Crippen LogP contribution in [0.4, 0.5) is 0 Å². The van der Waals surface area contributed by atoms with Crippen LogP contribution in [0.5, 0.6) is 34.5 Å². The van der Waals surface area contributed by atoms with E-state index in [2.05, 4.69) is 0 Å². The highest BCUT2D eigenvalue weighted by molar-refractivity contribution is 5.75. The monoisotopic (exact) mass is 582 g/mol. The normalized spacial score (nSPS) is 12.8. The molecule has 42 heavy (non-hydrogen) atoms. The molecule has 0 amide bonds. The lowest BCUT2D eigenvalue weighted by Gasteiger charge is -2.16. The topological polar surface area (TPSA) is 136 Å². The third-order valence-corrected chi connectivity index (χ3v) is 6.10. The Morgan fingerprint density at radius 2 is 0.810 bits per heavy atom. The predicted octanol–water partition coefficient (Wildman–Crippen LogP) is 3.53. The molecule has 3 rings (SSSR count). The van der Waals surface area contributed by atoms with Crippen LogP contribution in [0.1, 0.15) is 22.3 Å². The average Bonchev–Trinajstić information content (AvgIpc) is 3.03. The van der Waals surface area contributed by atoms with E-state index in [1.165, 1.54) is 28.4 Å². The van der Waals surface area contributed by atoms with Gasteiger partial charge in [-0.3, -0.25) is 0 Å². The molecule has 10 nitrogen and oxygen atoms in total. The van der Waals surface area contributed by atoms with Gasteiger partial charge in [0.15, 0.2) is 23.0 Å². The molecule has 0 aliphatic rings. The van der Waals surface area contributed by atoms with Crippen LogP contribution in [0.25, 0.3) is 24.3 Å². The lowest BCUT2D eigenvalue weighted by molar-refractivity contribution is 0.0518. The van der Waals surface area contributed by atoms with Crippen LogP contribution in [0.3, 0.4) is 0 Å². The first-order chi connectivity index (χ1) is 20.3. The maximum atomic E-state index is 9.62. The first kappa shape index (κ1) is 32.3. The summed E-state index contributed by atoms with van der Waals surface area (Å²) in [4.78, 5) is 0. The lowest BCUT2D eigenvalue weighted by atomic mass is 10.1. The quantitative estimate of drug-likeness (QED) is 0.186. The number of rotatable bonds is 16. The van der Waals surface area contributed by atoms with Gasteiger partial charge in [-0.1, -0.05) is 48.6 Å². The van der Waals surface area contributed by atoms with Crippen molar-refractivity contribution >= 4 is 24.3 Å². The van der Waals surface area contributed by atoms with Gasteiger partial charge in [0.1, 0.15) is 25.4 Å². The lowest BCUT2D eigenvalue weighted by Crippen LogP contribution is -2.21. The summed E-state index contributed by atoms with van der Waals surface area (Å²) in [6.07, 6.45) is 5.73. The summed E-state index contributed by atoms with van der Waals surface area (Å²) in [5.41, 5.74) is 3.60. The fourth-order valence-corrected chi connectivity index (χ4v) is 3.84. The van der Waals surface area contributed by atoms with E-state index in [-0.39, 0.29) is 13.2 Å². The Morgan fingerprint density at radius 1 is 0.524 bits per heavy atom. The molecule has 2 atom stereocenters. The number of ether oxygens (including phenoxy) is 6. The second-order valence-electron chi connectivity index (χ2n) is 9.14. The van der Waals surface area contributed by atoms with Crippen LogP contribution < -0.4 is 28.4 Å². The first-order valence-electron chi connectivity index (χ1n) is 13.2. The van der Waals surface area contributed by atoms with Crippen molar-refractivity contribution in [3.05, 3.63) is 70.8 Å². The number of aliphatic hydroxyl groups is 4. The van der Waals surface area contributed by atoms with Crippen molar-refractivity contribution < 1.29 is 48.8 Å². The van der Waals surface area contributed by atoms with Gasteiger partial charge in [0.2, 0.25) is 11.5 Å². The van der Waals surface area contributed by atoms with Crippen LogP contribution in [-0.2, 0) is 0 Å². The number of benzene rings is 3. The van der Waals surface area contributed by atoms with E-state index in [9.17, 15) is 10.2 Å². The fraction of sp³-hybridized carbons (Fsp3) is 0.312. The number of hydrogen-bond donors (Lipinski definition) is 4. The first-order valence-corrected chi connectivity index (χ1v) is 13.2. The fourth-order valence-electron chi connectivity index (χ4n) is 3.84. The molecular weight excluding hydrogens is 544 g/mol. The van der Waals surface area contributed by atoms with Gasteiger partial charge in [0, 0.05) is 0 Å². The molecule has 2 unspecified atom stereocenters. The predicted molar refractivity (Wildman–Crippen MR) is 161 cm³/mol. The molecule has 0 fully saturated rings. The molecule has 0 aromatic heterocycles. The summed E-state index contributed by atoms with van der Waals surface area (Å²) >= 11 is 0. The van der Waals surface area contributed by atoms with Gasteiger partial charge in [0.25, 0.3) is 0 Å². The van der Waals surface area contributed by atoms with Crippen molar-refractivity contribution in [3.8, 4) is 34.5 Å². The zero-order valence-corrected chi connectivity index (χ0v) is 24.1. The highest BCUT2D eigenvalue weighted by atomic mass is 16.5. The van der Waals surface area contributed by atoms with E-state index in [0.717, 1.165) is 22.3 Å². The number of aliphatic hydroxyl groups excluding tert-OH is 4. The standard InChI is InChI=1S/C32H38O10/c1-37-27-13-23(14-28(38-2)31(27)41-19-25(35)17-33)11-9-21-5-7-22(8-6-21)10-12-24-15-29(39-3)32(30(16-24)40-4)42-20-26(36)18-34/h5-16,25-26,33-36H,17-20H2,1-4H3/b11-9+,12-10+. The van der Waals surface area contributed by atoms with Crippen LogP contribution in [0.2, 0.25) is 0 Å². The van der Waals surface area contributed by atoms with Crippen molar-refractivity contribution in [1.29, 1.82) is 0 Å². The zero-order valence-electron chi connectivity index (χ0n) is 24.1. The molecule has 0 heterocycles. The van der Waals surface area contributed by atoms with Gasteiger partial charge in [-0.25, -0.2) is 0 Å². The van der Waals surface area contributed by atoms with E-state index in [1.54, 1.807) is 24.3 Å². The molecule has 0 aliphatic heterocycles. The maximum Gasteiger partial charge on any atom is 0.203 e. The smallest absolute Gasteiger partial charge is 0.203 e. The van der Waals surface area contributed by atoms with Crippen molar-refractivity contribution in [3.63, 3.8) is 0 Å². The molecule has 3 aromatic carbocycles. The van der Waals surface area contributed by atoms with Crippen LogP contribution in [-0.4, -0.2) is 87.5 Å². The Balaban J connectivity index is 1.74. The molecule has 226 valence electrons. The molecule has 0 bridgehead atoms. The minimum Gasteiger partial charge on any atom is -0.493 e.